The van der Waals surface area contributed by atoms with E-state index in [9.17, 15) is 0 Å². The molecular formula is C13H11Cl2NS. The molecule has 4 heteroatoms. The maximum Gasteiger partial charge on any atom is 0.0462 e. The molecule has 2 aromatic rings. The first kappa shape index (κ1) is 12.8. The lowest BCUT2D eigenvalue weighted by Gasteiger charge is -2.05. The zero-order valence-electron chi connectivity index (χ0n) is 8.99. The van der Waals surface area contributed by atoms with Crippen molar-refractivity contribution < 1.29 is 0 Å². The summed E-state index contributed by atoms with van der Waals surface area (Å²) in [5.74, 6) is 0. The lowest BCUT2D eigenvalue weighted by molar-refractivity contribution is 1.07. The first-order valence-corrected chi connectivity index (χ1v) is 6.68. The van der Waals surface area contributed by atoms with E-state index in [1.54, 1.807) is 11.8 Å². The number of halogens is 2. The highest BCUT2D eigenvalue weighted by molar-refractivity contribution is 7.99. The normalized spacial score (nSPS) is 10.5. The first-order valence-electron chi connectivity index (χ1n) is 5.11. The highest BCUT2D eigenvalue weighted by Gasteiger charge is 2.02. The molecule has 2 N–H and O–H groups in total. The molecule has 1 nitrogen and oxygen atoms in total. The van der Waals surface area contributed by atoms with Crippen LogP contribution in [0.15, 0.2) is 52.3 Å². The molecule has 0 amide bonds. The van der Waals surface area contributed by atoms with Crippen LogP contribution >= 0.6 is 35.0 Å². The molecule has 0 atom stereocenters. The van der Waals surface area contributed by atoms with Gasteiger partial charge in [0.05, 0.1) is 0 Å². The molecule has 0 aliphatic carbocycles. The van der Waals surface area contributed by atoms with Crippen molar-refractivity contribution in [1.29, 1.82) is 0 Å². The summed E-state index contributed by atoms with van der Waals surface area (Å²) < 4.78 is 0. The summed E-state index contributed by atoms with van der Waals surface area (Å²) in [5, 5.41) is 1.44. The Hall–Kier alpha value is -0.670. The van der Waals surface area contributed by atoms with Gasteiger partial charge in [-0.15, -0.1) is 0 Å². The van der Waals surface area contributed by atoms with Gasteiger partial charge < -0.3 is 5.73 Å². The fraction of sp³-hybridized carbons (Fsp3) is 0.0769. The van der Waals surface area contributed by atoms with Crippen LogP contribution in [-0.4, -0.2) is 0 Å². The quantitative estimate of drug-likeness (QED) is 0.891. The van der Waals surface area contributed by atoms with Crippen LogP contribution in [0.3, 0.4) is 0 Å². The van der Waals surface area contributed by atoms with Crippen molar-refractivity contribution in [3.8, 4) is 0 Å². The van der Waals surface area contributed by atoms with Crippen LogP contribution in [0.4, 0.5) is 0 Å². The van der Waals surface area contributed by atoms with Crippen LogP contribution in [0.2, 0.25) is 10.0 Å². The minimum Gasteiger partial charge on any atom is -0.326 e. The number of nitrogens with two attached hydrogens (primary N) is 1. The third-order valence-corrected chi connectivity index (χ3v) is 3.84. The van der Waals surface area contributed by atoms with E-state index >= 15 is 0 Å². The molecule has 0 heterocycles. The molecule has 0 aromatic heterocycles. The molecular weight excluding hydrogens is 273 g/mol. The lowest BCUT2D eigenvalue weighted by atomic mass is 10.2. The van der Waals surface area contributed by atoms with Gasteiger partial charge in [0.25, 0.3) is 0 Å². The molecule has 0 saturated heterocycles. The first-order chi connectivity index (χ1) is 8.19. The summed E-state index contributed by atoms with van der Waals surface area (Å²) in [4.78, 5) is 2.17. The second kappa shape index (κ2) is 5.78. The number of rotatable bonds is 3. The molecule has 0 unspecified atom stereocenters. The zero-order valence-corrected chi connectivity index (χ0v) is 11.3. The lowest BCUT2D eigenvalue weighted by Crippen LogP contribution is -1.96. The predicted molar refractivity (Wildman–Crippen MR) is 74.9 cm³/mol. The molecule has 0 aliphatic rings. The van der Waals surface area contributed by atoms with Gasteiger partial charge in [0, 0.05) is 26.4 Å². The van der Waals surface area contributed by atoms with Crippen molar-refractivity contribution in [2.75, 3.05) is 0 Å². The van der Waals surface area contributed by atoms with Crippen molar-refractivity contribution >= 4 is 35.0 Å². The monoisotopic (exact) mass is 283 g/mol. The molecule has 0 saturated carbocycles. The third kappa shape index (κ3) is 3.39. The van der Waals surface area contributed by atoms with Crippen molar-refractivity contribution in [3.63, 3.8) is 0 Å². The summed E-state index contributed by atoms with van der Waals surface area (Å²) in [7, 11) is 0. The molecule has 0 bridgehead atoms. The molecule has 2 rings (SSSR count). The minimum atomic E-state index is 0.459. The molecule has 0 fully saturated rings. The fourth-order valence-corrected chi connectivity index (χ4v) is 2.92. The second-order valence-corrected chi connectivity index (χ2v) is 5.51. The van der Waals surface area contributed by atoms with E-state index in [2.05, 4.69) is 0 Å². The van der Waals surface area contributed by atoms with Gasteiger partial charge in [-0.2, -0.15) is 0 Å². The molecule has 0 spiro atoms. The Labute approximate surface area is 115 Å². The van der Waals surface area contributed by atoms with Gasteiger partial charge in [-0.1, -0.05) is 47.1 Å². The van der Waals surface area contributed by atoms with Crippen molar-refractivity contribution in [2.45, 2.75) is 16.3 Å². The maximum absolute atomic E-state index is 6.11. The molecule has 0 radical (unpaired) electrons. The van der Waals surface area contributed by atoms with E-state index in [4.69, 9.17) is 28.9 Å². The van der Waals surface area contributed by atoms with Crippen LogP contribution < -0.4 is 5.73 Å². The van der Waals surface area contributed by atoms with Gasteiger partial charge in [0.15, 0.2) is 0 Å². The van der Waals surface area contributed by atoms with Crippen LogP contribution in [-0.2, 0) is 6.54 Å². The van der Waals surface area contributed by atoms with Gasteiger partial charge in [-0.05, 0) is 35.9 Å². The van der Waals surface area contributed by atoms with Crippen LogP contribution in [0.1, 0.15) is 5.56 Å². The smallest absolute Gasteiger partial charge is 0.0462 e. The van der Waals surface area contributed by atoms with Crippen LogP contribution in [0, 0.1) is 0 Å². The second-order valence-electron chi connectivity index (χ2n) is 3.52. The van der Waals surface area contributed by atoms with Crippen molar-refractivity contribution in [1.82, 2.24) is 0 Å². The van der Waals surface area contributed by atoms with Crippen LogP contribution in [0.5, 0.6) is 0 Å². The van der Waals surface area contributed by atoms with E-state index in [-0.39, 0.29) is 0 Å². The van der Waals surface area contributed by atoms with Gasteiger partial charge >= 0.3 is 0 Å². The Morgan fingerprint density at radius 3 is 2.41 bits per heavy atom. The Balaban J connectivity index is 2.22. The summed E-state index contributed by atoms with van der Waals surface area (Å²) in [6, 6.07) is 13.6. The Kier molecular flexibility index (Phi) is 4.35. The van der Waals surface area contributed by atoms with Crippen molar-refractivity contribution in [2.24, 2.45) is 5.73 Å². The summed E-state index contributed by atoms with van der Waals surface area (Å²) >= 11 is 13.7. The van der Waals surface area contributed by atoms with E-state index in [0.717, 1.165) is 20.4 Å². The Bertz CT molecular complexity index is 529. The number of hydrogen-bond acceptors (Lipinski definition) is 2. The van der Waals surface area contributed by atoms with Gasteiger partial charge in [-0.3, -0.25) is 0 Å². The third-order valence-electron chi connectivity index (χ3n) is 2.28. The maximum atomic E-state index is 6.11. The van der Waals surface area contributed by atoms with Crippen molar-refractivity contribution in [3.05, 3.63) is 58.1 Å². The average Bonchev–Trinajstić information content (AvgIpc) is 2.29. The topological polar surface area (TPSA) is 26.0 Å². The predicted octanol–water partition coefficient (Wildman–Crippen LogP) is 4.60. The van der Waals surface area contributed by atoms with E-state index in [1.807, 2.05) is 42.5 Å². The SMILES string of the molecule is NCc1ccc(Sc2cccc(Cl)c2)cc1Cl. The fourth-order valence-electron chi connectivity index (χ4n) is 1.42. The van der Waals surface area contributed by atoms with E-state index in [1.165, 1.54) is 0 Å². The van der Waals surface area contributed by atoms with Gasteiger partial charge in [0.2, 0.25) is 0 Å². The molecule has 88 valence electrons. The molecule has 0 aliphatic heterocycles. The highest BCUT2D eigenvalue weighted by Crippen LogP contribution is 2.31. The van der Waals surface area contributed by atoms with Crippen LogP contribution in [0.25, 0.3) is 0 Å². The average molecular weight is 284 g/mol. The van der Waals surface area contributed by atoms with Gasteiger partial charge in [0.1, 0.15) is 0 Å². The summed E-state index contributed by atoms with van der Waals surface area (Å²) in [5.41, 5.74) is 6.52. The largest absolute Gasteiger partial charge is 0.326 e. The summed E-state index contributed by atoms with van der Waals surface area (Å²) in [6.45, 7) is 0.459. The Morgan fingerprint density at radius 2 is 1.76 bits per heavy atom. The standard InChI is InChI=1S/C13H11Cl2NS/c14-10-2-1-3-11(6-10)17-12-5-4-9(8-16)13(15)7-12/h1-7H,8,16H2. The Morgan fingerprint density at radius 1 is 1.00 bits per heavy atom. The molecule has 2 aromatic carbocycles. The van der Waals surface area contributed by atoms with E-state index < -0.39 is 0 Å². The number of hydrogen-bond donors (Lipinski definition) is 1. The zero-order chi connectivity index (χ0) is 12.3. The number of benzene rings is 2. The highest BCUT2D eigenvalue weighted by atomic mass is 35.5. The summed E-state index contributed by atoms with van der Waals surface area (Å²) in [6.07, 6.45) is 0. The van der Waals surface area contributed by atoms with E-state index in [0.29, 0.717) is 11.6 Å². The minimum absolute atomic E-state index is 0.459. The van der Waals surface area contributed by atoms with Gasteiger partial charge in [-0.25, -0.2) is 0 Å². The molecule has 17 heavy (non-hydrogen) atoms.